The average molecular weight is 282 g/mol. The molecule has 0 fully saturated rings. The summed E-state index contributed by atoms with van der Waals surface area (Å²) in [7, 11) is -3.49. The largest absolute Gasteiger partial charge is 0.339 e. The topological polar surface area (TPSA) is 48.3 Å². The molecule has 0 amide bonds. The van der Waals surface area contributed by atoms with Gasteiger partial charge in [-0.3, -0.25) is 4.18 Å². The smallest absolute Gasteiger partial charge is 0.264 e. The molecule has 19 heavy (non-hydrogen) atoms. The van der Waals surface area contributed by atoms with E-state index < -0.39 is 16.2 Å². The van der Waals surface area contributed by atoms with E-state index in [4.69, 9.17) is 4.18 Å². The van der Waals surface area contributed by atoms with Gasteiger partial charge in [0.25, 0.3) is 10.1 Å². The van der Waals surface area contributed by atoms with E-state index in [1.165, 1.54) is 6.07 Å². The zero-order valence-electron chi connectivity index (χ0n) is 10.4. The molecule has 3 rings (SSSR count). The molecule has 6 heteroatoms. The first-order chi connectivity index (χ1) is 8.94. The van der Waals surface area contributed by atoms with E-state index in [2.05, 4.69) is 6.07 Å². The Bertz CT molecular complexity index is 736. The van der Waals surface area contributed by atoms with Gasteiger partial charge in [0.15, 0.2) is 0 Å². The Kier molecular flexibility index (Phi) is 2.87. The highest BCUT2D eigenvalue weighted by Crippen LogP contribution is 2.28. The number of fused-ring (bicyclic) bond motifs is 3. The molecule has 0 saturated carbocycles. The predicted octanol–water partition coefficient (Wildman–Crippen LogP) is 1.87. The maximum Gasteiger partial charge on any atom is 0.264 e. The van der Waals surface area contributed by atoms with Crippen molar-refractivity contribution in [2.75, 3.05) is 6.26 Å². The number of hydrogen-bond donors (Lipinski definition) is 0. The van der Waals surface area contributed by atoms with Gasteiger partial charge in [0.2, 0.25) is 0 Å². The second-order valence-electron chi connectivity index (χ2n) is 4.78. The van der Waals surface area contributed by atoms with Crippen molar-refractivity contribution in [2.45, 2.75) is 25.5 Å². The summed E-state index contributed by atoms with van der Waals surface area (Å²) in [6.45, 7) is 0.337. The summed E-state index contributed by atoms with van der Waals surface area (Å²) in [6, 6.07) is 8.00. The Morgan fingerprint density at radius 3 is 3.00 bits per heavy atom. The minimum atomic E-state index is -3.49. The van der Waals surface area contributed by atoms with Crippen LogP contribution in [0, 0.1) is 11.9 Å². The van der Waals surface area contributed by atoms with E-state index in [0.717, 1.165) is 17.3 Å². The quantitative estimate of drug-likeness (QED) is 0.790. The van der Waals surface area contributed by atoms with Gasteiger partial charge in [-0.15, -0.1) is 0 Å². The van der Waals surface area contributed by atoms with Crippen LogP contribution in [0.1, 0.15) is 12.1 Å². The number of rotatable bonds is 2. The van der Waals surface area contributed by atoms with E-state index in [1.54, 1.807) is 16.7 Å². The van der Waals surface area contributed by atoms with Gasteiger partial charge in [0.1, 0.15) is 5.82 Å². The normalized spacial score (nSPS) is 19.6. The molecule has 0 spiro atoms. The minimum Gasteiger partial charge on any atom is -0.339 e. The second kappa shape index (κ2) is 4.31. The van der Waals surface area contributed by atoms with Gasteiger partial charge in [-0.25, -0.2) is 4.39 Å². The third-order valence-corrected chi connectivity index (χ3v) is 3.88. The van der Waals surface area contributed by atoms with Crippen molar-refractivity contribution in [1.29, 1.82) is 0 Å². The molecule has 1 atom stereocenters. The molecule has 0 saturated heterocycles. The third-order valence-electron chi connectivity index (χ3n) is 3.26. The molecule has 1 unspecified atom stereocenters. The molecule has 1 aromatic carbocycles. The van der Waals surface area contributed by atoms with Gasteiger partial charge in [-0.2, -0.15) is 8.42 Å². The number of halogens is 1. The summed E-state index contributed by atoms with van der Waals surface area (Å²) < 4.78 is 43.0. The van der Waals surface area contributed by atoms with Crippen molar-refractivity contribution >= 4 is 21.0 Å². The lowest BCUT2D eigenvalue weighted by Gasteiger charge is -2.24. The first-order valence-electron chi connectivity index (χ1n) is 6.01. The monoisotopic (exact) mass is 282 g/mol. The highest BCUT2D eigenvalue weighted by Gasteiger charge is 2.25. The average Bonchev–Trinajstić information content (AvgIpc) is 2.66. The molecule has 2 heterocycles. The van der Waals surface area contributed by atoms with Gasteiger partial charge in [0.05, 0.1) is 24.4 Å². The summed E-state index contributed by atoms with van der Waals surface area (Å²) in [5.74, 6) is -0.319. The van der Waals surface area contributed by atoms with Crippen LogP contribution in [-0.2, 0) is 27.3 Å². The molecular weight excluding hydrogens is 269 g/mol. The summed E-state index contributed by atoms with van der Waals surface area (Å²) in [6.07, 6.45) is 1.82. The second-order valence-corrected chi connectivity index (χ2v) is 6.38. The molecule has 0 bridgehead atoms. The van der Waals surface area contributed by atoms with Crippen LogP contribution in [0.4, 0.5) is 4.39 Å². The van der Waals surface area contributed by atoms with Gasteiger partial charge >= 0.3 is 0 Å². The Hall–Kier alpha value is -1.40. The highest BCUT2D eigenvalue weighted by atomic mass is 32.2. The lowest BCUT2D eigenvalue weighted by atomic mass is 10.1. The summed E-state index contributed by atoms with van der Waals surface area (Å²) in [5.41, 5.74) is 1.37. The fourth-order valence-electron chi connectivity index (χ4n) is 2.57. The number of aryl methyl sites for hydroxylation is 1. The zero-order valence-corrected chi connectivity index (χ0v) is 11.2. The van der Waals surface area contributed by atoms with Crippen LogP contribution in [-0.4, -0.2) is 25.3 Å². The van der Waals surface area contributed by atoms with Crippen LogP contribution in [0.3, 0.4) is 0 Å². The molecule has 2 aromatic rings. The van der Waals surface area contributed by atoms with E-state index in [1.807, 2.05) is 0 Å². The third kappa shape index (κ3) is 2.37. The first kappa shape index (κ1) is 12.6. The molecular formula is C13H13FNO3S. The van der Waals surface area contributed by atoms with E-state index in [9.17, 15) is 12.8 Å². The van der Waals surface area contributed by atoms with Crippen LogP contribution < -0.4 is 0 Å². The van der Waals surface area contributed by atoms with Gasteiger partial charge in [0, 0.05) is 17.1 Å². The number of aromatic nitrogens is 1. The number of para-hydroxylation sites is 1. The Morgan fingerprint density at radius 1 is 1.47 bits per heavy atom. The molecule has 4 nitrogen and oxygen atoms in total. The van der Waals surface area contributed by atoms with Crippen LogP contribution in [0.5, 0.6) is 0 Å². The van der Waals surface area contributed by atoms with E-state index in [0.29, 0.717) is 24.9 Å². The molecule has 101 valence electrons. The minimum absolute atomic E-state index is 0.319. The van der Waals surface area contributed by atoms with Crippen LogP contribution in [0.15, 0.2) is 18.2 Å². The first-order valence-corrected chi connectivity index (χ1v) is 7.83. The Balaban J connectivity index is 2.02. The molecule has 1 aliphatic rings. The van der Waals surface area contributed by atoms with Crippen LogP contribution in [0.2, 0.25) is 0 Å². The standard InChI is InChI=1S/C13H13FNO3S/c1-19(16,17)18-11-6-5-10-7-9-3-2-4-12(14)13(9)15(10)8-11/h2-4,11H,5-6,8H2,1H3. The van der Waals surface area contributed by atoms with Gasteiger partial charge in [-0.05, 0) is 18.9 Å². The van der Waals surface area contributed by atoms with Crippen molar-refractivity contribution in [3.05, 3.63) is 35.8 Å². The zero-order chi connectivity index (χ0) is 13.6. The number of benzene rings is 1. The van der Waals surface area contributed by atoms with Crippen molar-refractivity contribution in [1.82, 2.24) is 4.57 Å². The van der Waals surface area contributed by atoms with E-state index >= 15 is 0 Å². The van der Waals surface area contributed by atoms with Crippen molar-refractivity contribution in [3.63, 3.8) is 0 Å². The Labute approximate surface area is 110 Å². The maximum absolute atomic E-state index is 13.9. The van der Waals surface area contributed by atoms with Crippen LogP contribution in [0.25, 0.3) is 10.9 Å². The van der Waals surface area contributed by atoms with Crippen molar-refractivity contribution < 1.29 is 17.0 Å². The fraction of sp³-hybridized carbons (Fsp3) is 0.385. The summed E-state index contributed by atoms with van der Waals surface area (Å²) in [5, 5.41) is 0.718. The summed E-state index contributed by atoms with van der Waals surface area (Å²) >= 11 is 0. The molecule has 1 aromatic heterocycles. The number of nitrogens with zero attached hydrogens (tertiary/aromatic N) is 1. The molecule has 1 radical (unpaired) electrons. The van der Waals surface area contributed by atoms with Crippen LogP contribution >= 0.6 is 0 Å². The maximum atomic E-state index is 13.9. The fourth-order valence-corrected chi connectivity index (χ4v) is 3.22. The lowest BCUT2D eigenvalue weighted by molar-refractivity contribution is 0.167. The van der Waals surface area contributed by atoms with Gasteiger partial charge in [-0.1, -0.05) is 12.1 Å². The lowest BCUT2D eigenvalue weighted by Crippen LogP contribution is -2.29. The summed E-state index contributed by atoms with van der Waals surface area (Å²) in [4.78, 5) is 0. The molecule has 0 aliphatic carbocycles. The predicted molar refractivity (Wildman–Crippen MR) is 68.8 cm³/mol. The molecule has 1 aliphatic heterocycles. The molecule has 0 N–H and O–H groups in total. The Morgan fingerprint density at radius 2 is 2.26 bits per heavy atom. The number of hydrogen-bond acceptors (Lipinski definition) is 3. The van der Waals surface area contributed by atoms with Crippen molar-refractivity contribution in [3.8, 4) is 0 Å². The highest BCUT2D eigenvalue weighted by molar-refractivity contribution is 7.86. The van der Waals surface area contributed by atoms with Gasteiger partial charge < -0.3 is 4.57 Å². The van der Waals surface area contributed by atoms with Crippen molar-refractivity contribution in [2.24, 2.45) is 0 Å². The van der Waals surface area contributed by atoms with E-state index in [-0.39, 0.29) is 5.82 Å². The SMILES string of the molecule is CS(=O)(=O)OC1CCc2[c]c3cccc(F)c3n2C1.